The largest absolute Gasteiger partial charge is 0.465 e. The smallest absolute Gasteiger partial charge is 0.340 e. The third kappa shape index (κ3) is 3.09. The maximum atomic E-state index is 11.7. The molecule has 6 nitrogen and oxygen atoms in total. The average Bonchev–Trinajstić information content (AvgIpc) is 3.10. The van der Waals surface area contributed by atoms with Gasteiger partial charge in [-0.05, 0) is 0 Å². The Morgan fingerprint density at radius 2 is 2.08 bits per heavy atom. The van der Waals surface area contributed by atoms with E-state index in [1.54, 1.807) is 10.8 Å². The summed E-state index contributed by atoms with van der Waals surface area (Å²) >= 11 is 1.37. The number of thiophene rings is 1. The Labute approximate surface area is 142 Å². The van der Waals surface area contributed by atoms with Crippen LogP contribution in [0.2, 0.25) is 0 Å². The van der Waals surface area contributed by atoms with Crippen molar-refractivity contribution in [2.45, 2.75) is 0 Å². The number of hydrogen-bond donors (Lipinski definition) is 1. The minimum absolute atomic E-state index is 0.302. The molecule has 0 aliphatic heterocycles. The second-order valence-electron chi connectivity index (χ2n) is 4.75. The summed E-state index contributed by atoms with van der Waals surface area (Å²) in [5, 5.41) is 15.7. The Bertz CT molecular complexity index is 916. The van der Waals surface area contributed by atoms with E-state index < -0.39 is 5.97 Å². The van der Waals surface area contributed by atoms with Gasteiger partial charge in [0.05, 0.1) is 35.8 Å². The van der Waals surface area contributed by atoms with Gasteiger partial charge in [-0.15, -0.1) is 11.3 Å². The van der Waals surface area contributed by atoms with Crippen LogP contribution in [-0.2, 0) is 4.74 Å². The van der Waals surface area contributed by atoms with Crippen LogP contribution < -0.4 is 5.32 Å². The number of ether oxygens (including phenoxy) is 1. The molecule has 0 saturated heterocycles. The molecule has 7 heteroatoms. The molecule has 0 atom stereocenters. The SMILES string of the molecule is COC(=O)c1cscc1Nc1ncc(C#N)c(-c2ccccc2)n1. The van der Waals surface area contributed by atoms with E-state index in [2.05, 4.69) is 21.4 Å². The lowest BCUT2D eigenvalue weighted by atomic mass is 10.1. The van der Waals surface area contributed by atoms with Crippen molar-refractivity contribution >= 4 is 28.9 Å². The molecule has 1 aromatic carbocycles. The maximum Gasteiger partial charge on any atom is 0.340 e. The number of anilines is 2. The molecule has 0 fully saturated rings. The lowest BCUT2D eigenvalue weighted by Gasteiger charge is -2.08. The molecular formula is C17H12N4O2S. The summed E-state index contributed by atoms with van der Waals surface area (Å²) in [6.45, 7) is 0. The molecule has 0 amide bonds. The van der Waals surface area contributed by atoms with Crippen LogP contribution in [0.4, 0.5) is 11.6 Å². The van der Waals surface area contributed by atoms with Crippen molar-refractivity contribution < 1.29 is 9.53 Å². The van der Waals surface area contributed by atoms with Crippen molar-refractivity contribution in [2.75, 3.05) is 12.4 Å². The molecule has 0 bridgehead atoms. The van der Waals surface area contributed by atoms with E-state index in [9.17, 15) is 10.1 Å². The molecular weight excluding hydrogens is 324 g/mol. The fourth-order valence-electron chi connectivity index (χ4n) is 2.12. The van der Waals surface area contributed by atoms with E-state index in [0.29, 0.717) is 28.5 Å². The van der Waals surface area contributed by atoms with Gasteiger partial charge in [0.2, 0.25) is 5.95 Å². The summed E-state index contributed by atoms with van der Waals surface area (Å²) in [5.41, 5.74) is 2.71. The van der Waals surface area contributed by atoms with Gasteiger partial charge in [-0.3, -0.25) is 0 Å². The van der Waals surface area contributed by atoms with Crippen molar-refractivity contribution in [3.63, 3.8) is 0 Å². The van der Waals surface area contributed by atoms with Gasteiger partial charge in [0.15, 0.2) is 0 Å². The number of aromatic nitrogens is 2. The second-order valence-corrected chi connectivity index (χ2v) is 5.49. The standard InChI is InChI=1S/C17H12N4O2S/c1-23-16(22)13-9-24-10-14(13)20-17-19-8-12(7-18)15(21-17)11-5-3-2-4-6-11/h2-6,8-10H,1H3,(H,19,20,21). The van der Waals surface area contributed by atoms with Crippen molar-refractivity contribution in [1.29, 1.82) is 5.26 Å². The van der Waals surface area contributed by atoms with Gasteiger partial charge in [0.25, 0.3) is 0 Å². The highest BCUT2D eigenvalue weighted by molar-refractivity contribution is 7.08. The number of esters is 1. The van der Waals surface area contributed by atoms with Crippen LogP contribution in [0, 0.1) is 11.3 Å². The summed E-state index contributed by atoms with van der Waals surface area (Å²) in [6, 6.07) is 11.5. The molecule has 0 spiro atoms. The van der Waals surface area contributed by atoms with E-state index in [1.165, 1.54) is 24.6 Å². The Morgan fingerprint density at radius 1 is 1.29 bits per heavy atom. The number of carbonyl (C=O) groups is 1. The Morgan fingerprint density at radius 3 is 2.79 bits per heavy atom. The van der Waals surface area contributed by atoms with E-state index in [1.807, 2.05) is 30.3 Å². The number of nitriles is 1. The molecule has 24 heavy (non-hydrogen) atoms. The number of benzene rings is 1. The van der Waals surface area contributed by atoms with Crippen molar-refractivity contribution in [3.05, 3.63) is 58.4 Å². The first kappa shape index (κ1) is 15.6. The topological polar surface area (TPSA) is 87.9 Å². The van der Waals surface area contributed by atoms with Crippen LogP contribution in [0.5, 0.6) is 0 Å². The summed E-state index contributed by atoms with van der Waals surface area (Å²) in [5.74, 6) is -0.132. The molecule has 0 aliphatic rings. The van der Waals surface area contributed by atoms with Crippen LogP contribution in [0.25, 0.3) is 11.3 Å². The quantitative estimate of drug-likeness (QED) is 0.732. The zero-order valence-corrected chi connectivity index (χ0v) is 13.5. The second kappa shape index (κ2) is 6.89. The predicted molar refractivity (Wildman–Crippen MR) is 91.1 cm³/mol. The van der Waals surface area contributed by atoms with E-state index in [4.69, 9.17) is 4.74 Å². The van der Waals surface area contributed by atoms with Gasteiger partial charge in [0, 0.05) is 16.3 Å². The minimum Gasteiger partial charge on any atom is -0.465 e. The van der Waals surface area contributed by atoms with E-state index in [0.717, 1.165) is 5.56 Å². The molecule has 118 valence electrons. The molecule has 2 heterocycles. The fraction of sp³-hybridized carbons (Fsp3) is 0.0588. The van der Waals surface area contributed by atoms with Crippen LogP contribution in [-0.4, -0.2) is 23.0 Å². The average molecular weight is 336 g/mol. The zero-order chi connectivity index (χ0) is 16.9. The van der Waals surface area contributed by atoms with Crippen molar-refractivity contribution in [1.82, 2.24) is 9.97 Å². The molecule has 3 rings (SSSR count). The third-order valence-electron chi connectivity index (χ3n) is 3.27. The highest BCUT2D eigenvalue weighted by Gasteiger charge is 2.15. The minimum atomic E-state index is -0.435. The van der Waals surface area contributed by atoms with Gasteiger partial charge >= 0.3 is 5.97 Å². The van der Waals surface area contributed by atoms with E-state index >= 15 is 0 Å². The first-order valence-electron chi connectivity index (χ1n) is 6.97. The molecule has 2 aromatic heterocycles. The van der Waals surface area contributed by atoms with Crippen molar-refractivity contribution in [3.8, 4) is 17.3 Å². The van der Waals surface area contributed by atoms with Gasteiger partial charge < -0.3 is 10.1 Å². The maximum absolute atomic E-state index is 11.7. The number of nitrogens with zero attached hydrogens (tertiary/aromatic N) is 3. The number of rotatable bonds is 4. The lowest BCUT2D eigenvalue weighted by Crippen LogP contribution is -2.05. The Balaban J connectivity index is 1.98. The van der Waals surface area contributed by atoms with Gasteiger partial charge in [-0.25, -0.2) is 14.8 Å². The normalized spacial score (nSPS) is 10.0. The van der Waals surface area contributed by atoms with Gasteiger partial charge in [-0.2, -0.15) is 5.26 Å². The zero-order valence-electron chi connectivity index (χ0n) is 12.7. The van der Waals surface area contributed by atoms with Crippen LogP contribution >= 0.6 is 11.3 Å². The predicted octanol–water partition coefficient (Wildman–Crippen LogP) is 3.61. The Kier molecular flexibility index (Phi) is 4.50. The fourth-order valence-corrected chi connectivity index (χ4v) is 2.87. The first-order chi connectivity index (χ1) is 11.7. The lowest BCUT2D eigenvalue weighted by molar-refractivity contribution is 0.0602. The summed E-state index contributed by atoms with van der Waals surface area (Å²) in [6.07, 6.45) is 1.46. The number of hydrogen-bond acceptors (Lipinski definition) is 7. The van der Waals surface area contributed by atoms with Crippen molar-refractivity contribution in [2.24, 2.45) is 0 Å². The highest BCUT2D eigenvalue weighted by Crippen LogP contribution is 2.26. The number of nitrogens with one attached hydrogen (secondary N) is 1. The molecule has 0 saturated carbocycles. The van der Waals surface area contributed by atoms with Gasteiger partial charge in [0.1, 0.15) is 6.07 Å². The number of carbonyl (C=O) groups excluding carboxylic acids is 1. The first-order valence-corrected chi connectivity index (χ1v) is 7.91. The van der Waals surface area contributed by atoms with Gasteiger partial charge in [-0.1, -0.05) is 30.3 Å². The number of methoxy groups -OCH3 is 1. The monoisotopic (exact) mass is 336 g/mol. The summed E-state index contributed by atoms with van der Waals surface area (Å²) in [7, 11) is 1.33. The molecule has 3 aromatic rings. The van der Waals surface area contributed by atoms with E-state index in [-0.39, 0.29) is 0 Å². The Hall–Kier alpha value is -3.24. The highest BCUT2D eigenvalue weighted by atomic mass is 32.1. The molecule has 0 radical (unpaired) electrons. The van der Waals surface area contributed by atoms with Crippen LogP contribution in [0.15, 0.2) is 47.3 Å². The molecule has 0 unspecified atom stereocenters. The van der Waals surface area contributed by atoms with Crippen LogP contribution in [0.1, 0.15) is 15.9 Å². The summed E-state index contributed by atoms with van der Waals surface area (Å²) < 4.78 is 4.75. The summed E-state index contributed by atoms with van der Waals surface area (Å²) in [4.78, 5) is 20.3. The third-order valence-corrected chi connectivity index (χ3v) is 4.01. The molecule has 1 N–H and O–H groups in total. The van der Waals surface area contributed by atoms with Crippen LogP contribution in [0.3, 0.4) is 0 Å². The molecule has 0 aliphatic carbocycles.